The Labute approximate surface area is 139 Å². The zero-order valence-electron chi connectivity index (χ0n) is 13.3. The minimum absolute atomic E-state index is 0.0980. The van der Waals surface area contributed by atoms with Crippen LogP contribution in [0.4, 0.5) is 0 Å². The van der Waals surface area contributed by atoms with E-state index in [1.54, 1.807) is 30.3 Å². The van der Waals surface area contributed by atoms with Crippen molar-refractivity contribution in [1.82, 2.24) is 0 Å². The second-order valence-corrected chi connectivity index (χ2v) is 5.58. The van der Waals surface area contributed by atoms with Gasteiger partial charge < -0.3 is 29.9 Å². The van der Waals surface area contributed by atoms with E-state index in [2.05, 4.69) is 0 Å². The van der Waals surface area contributed by atoms with Crippen LogP contribution in [-0.2, 0) is 14.3 Å². The highest BCUT2D eigenvalue weighted by atomic mass is 16.5. The van der Waals surface area contributed by atoms with E-state index < -0.39 is 43.1 Å². The lowest BCUT2D eigenvalue weighted by molar-refractivity contribution is -0.227. The first kappa shape index (κ1) is 18.6. The van der Waals surface area contributed by atoms with Crippen molar-refractivity contribution in [3.63, 3.8) is 0 Å². The standard InChI is InChI=1S/C17H22O7/c1-23-17(22)11(10-5-3-2-4-6-10)7-8-12-14(19)16(21)15(20)13(9-18)24-12/h2-7,12-16,18-21H,8-9H2,1H3/b11-7+/t12-,13+,14-,15-,16+/m0/s1. The SMILES string of the molecule is COC(=O)/C(=C/C[C@@H]1O[C@H](CO)[C@H](O)[C@H](O)[C@H]1O)c1ccccc1. The Morgan fingerprint density at radius 1 is 1.12 bits per heavy atom. The molecule has 0 bridgehead atoms. The first-order chi connectivity index (χ1) is 11.5. The van der Waals surface area contributed by atoms with Gasteiger partial charge in [-0.05, 0) is 12.0 Å². The molecular weight excluding hydrogens is 316 g/mol. The molecule has 2 rings (SSSR count). The molecule has 1 heterocycles. The van der Waals surface area contributed by atoms with Crippen molar-refractivity contribution in [2.75, 3.05) is 13.7 Å². The van der Waals surface area contributed by atoms with Crippen molar-refractivity contribution >= 4 is 11.5 Å². The summed E-state index contributed by atoms with van der Waals surface area (Å²) in [5, 5.41) is 38.8. The Bertz CT molecular complexity index is 570. The van der Waals surface area contributed by atoms with Crippen LogP contribution in [0.3, 0.4) is 0 Å². The van der Waals surface area contributed by atoms with Gasteiger partial charge in [-0.3, -0.25) is 0 Å². The molecule has 1 aliphatic rings. The first-order valence-electron chi connectivity index (χ1n) is 7.64. The average molecular weight is 338 g/mol. The molecule has 1 aliphatic heterocycles. The molecule has 132 valence electrons. The van der Waals surface area contributed by atoms with E-state index in [4.69, 9.17) is 9.47 Å². The van der Waals surface area contributed by atoms with Crippen LogP contribution in [0.5, 0.6) is 0 Å². The molecule has 0 aliphatic carbocycles. The number of carbonyl (C=O) groups is 1. The predicted octanol–water partition coefficient (Wildman–Crippen LogP) is -0.525. The maximum Gasteiger partial charge on any atom is 0.338 e. The highest BCUT2D eigenvalue weighted by Crippen LogP contribution is 2.25. The molecule has 0 aromatic heterocycles. The molecule has 4 N–H and O–H groups in total. The van der Waals surface area contributed by atoms with Gasteiger partial charge >= 0.3 is 5.97 Å². The number of ether oxygens (including phenoxy) is 2. The quantitative estimate of drug-likeness (QED) is 0.421. The number of methoxy groups -OCH3 is 1. The van der Waals surface area contributed by atoms with Crippen LogP contribution in [0.15, 0.2) is 36.4 Å². The Kier molecular flexibility index (Phi) is 6.47. The summed E-state index contributed by atoms with van der Waals surface area (Å²) in [6, 6.07) is 8.86. The molecule has 0 radical (unpaired) electrons. The fourth-order valence-corrected chi connectivity index (χ4v) is 2.65. The summed E-state index contributed by atoms with van der Waals surface area (Å²) in [4.78, 5) is 12.0. The van der Waals surface area contributed by atoms with Gasteiger partial charge in [0.1, 0.15) is 24.4 Å². The summed E-state index contributed by atoms with van der Waals surface area (Å²) < 4.78 is 10.2. The van der Waals surface area contributed by atoms with Crippen molar-refractivity contribution < 1.29 is 34.7 Å². The average Bonchev–Trinajstić information content (AvgIpc) is 2.62. The Balaban J connectivity index is 2.20. The minimum atomic E-state index is -1.44. The van der Waals surface area contributed by atoms with Crippen LogP contribution >= 0.6 is 0 Å². The Hall–Kier alpha value is -1.77. The topological polar surface area (TPSA) is 116 Å². The monoisotopic (exact) mass is 338 g/mol. The van der Waals surface area contributed by atoms with Crippen LogP contribution in [-0.4, -0.2) is 70.6 Å². The van der Waals surface area contributed by atoms with Crippen LogP contribution in [0.1, 0.15) is 12.0 Å². The van der Waals surface area contributed by atoms with Crippen molar-refractivity contribution in [2.45, 2.75) is 36.9 Å². The molecule has 0 amide bonds. The predicted molar refractivity (Wildman–Crippen MR) is 84.8 cm³/mol. The van der Waals surface area contributed by atoms with E-state index in [0.29, 0.717) is 11.1 Å². The molecule has 1 saturated heterocycles. The highest BCUT2D eigenvalue weighted by molar-refractivity contribution is 6.16. The van der Waals surface area contributed by atoms with Gasteiger partial charge in [-0.15, -0.1) is 0 Å². The van der Waals surface area contributed by atoms with E-state index in [0.717, 1.165) is 0 Å². The van der Waals surface area contributed by atoms with Gasteiger partial charge in [0.2, 0.25) is 0 Å². The van der Waals surface area contributed by atoms with Crippen LogP contribution in [0, 0.1) is 0 Å². The van der Waals surface area contributed by atoms with Crippen LogP contribution in [0.2, 0.25) is 0 Å². The van der Waals surface area contributed by atoms with Gasteiger partial charge in [-0.2, -0.15) is 0 Å². The number of aliphatic hydroxyl groups is 4. The summed E-state index contributed by atoms with van der Waals surface area (Å²) in [6.07, 6.45) is -4.38. The lowest BCUT2D eigenvalue weighted by atomic mass is 9.92. The number of aliphatic hydroxyl groups excluding tert-OH is 4. The minimum Gasteiger partial charge on any atom is -0.465 e. The van der Waals surface area contributed by atoms with Gasteiger partial charge in [0.15, 0.2) is 0 Å². The van der Waals surface area contributed by atoms with Gasteiger partial charge in [0, 0.05) is 0 Å². The maximum atomic E-state index is 12.0. The number of esters is 1. The Morgan fingerprint density at radius 3 is 2.33 bits per heavy atom. The molecule has 7 nitrogen and oxygen atoms in total. The fraction of sp³-hybridized carbons (Fsp3) is 0.471. The third kappa shape index (κ3) is 4.00. The molecule has 1 fully saturated rings. The van der Waals surface area contributed by atoms with Crippen molar-refractivity contribution in [2.24, 2.45) is 0 Å². The van der Waals surface area contributed by atoms with E-state index in [1.165, 1.54) is 7.11 Å². The molecule has 1 aromatic rings. The number of benzene rings is 1. The van der Waals surface area contributed by atoms with Crippen molar-refractivity contribution in [1.29, 1.82) is 0 Å². The van der Waals surface area contributed by atoms with E-state index in [-0.39, 0.29) is 6.42 Å². The van der Waals surface area contributed by atoms with Gasteiger partial charge in [0.25, 0.3) is 0 Å². The van der Waals surface area contributed by atoms with Crippen LogP contribution < -0.4 is 0 Å². The first-order valence-corrected chi connectivity index (χ1v) is 7.64. The summed E-state index contributed by atoms with van der Waals surface area (Å²) >= 11 is 0. The van der Waals surface area contributed by atoms with Gasteiger partial charge in [0.05, 0.1) is 25.4 Å². The summed E-state index contributed by atoms with van der Waals surface area (Å²) in [5.41, 5.74) is 0.948. The number of carbonyl (C=O) groups excluding carboxylic acids is 1. The van der Waals surface area contributed by atoms with Crippen molar-refractivity contribution in [3.8, 4) is 0 Å². The molecular formula is C17H22O7. The lowest BCUT2D eigenvalue weighted by Gasteiger charge is -2.39. The molecule has 0 saturated carbocycles. The van der Waals surface area contributed by atoms with E-state index in [1.807, 2.05) is 6.07 Å². The normalized spacial score (nSPS) is 30.9. The van der Waals surface area contributed by atoms with Crippen LogP contribution in [0.25, 0.3) is 5.57 Å². The summed E-state index contributed by atoms with van der Waals surface area (Å²) in [6.45, 7) is -0.492. The van der Waals surface area contributed by atoms with Crippen molar-refractivity contribution in [3.05, 3.63) is 42.0 Å². The molecule has 1 aromatic carbocycles. The zero-order valence-corrected chi connectivity index (χ0v) is 13.3. The summed E-state index contributed by atoms with van der Waals surface area (Å²) in [5.74, 6) is -0.536. The van der Waals surface area contributed by atoms with Gasteiger partial charge in [-0.25, -0.2) is 4.79 Å². The molecule has 0 unspecified atom stereocenters. The van der Waals surface area contributed by atoms with E-state index in [9.17, 15) is 25.2 Å². The maximum absolute atomic E-state index is 12.0. The largest absolute Gasteiger partial charge is 0.465 e. The Morgan fingerprint density at radius 2 is 1.75 bits per heavy atom. The highest BCUT2D eigenvalue weighted by Gasteiger charge is 2.42. The smallest absolute Gasteiger partial charge is 0.338 e. The second kappa shape index (κ2) is 8.36. The third-order valence-electron chi connectivity index (χ3n) is 4.04. The fourth-order valence-electron chi connectivity index (χ4n) is 2.65. The van der Waals surface area contributed by atoms with Gasteiger partial charge in [-0.1, -0.05) is 36.4 Å². The molecule has 0 spiro atoms. The molecule has 7 heteroatoms. The number of rotatable bonds is 5. The number of hydrogen-bond acceptors (Lipinski definition) is 7. The molecule has 24 heavy (non-hydrogen) atoms. The summed E-state index contributed by atoms with van der Waals surface area (Å²) in [7, 11) is 1.27. The third-order valence-corrected chi connectivity index (χ3v) is 4.04. The second-order valence-electron chi connectivity index (χ2n) is 5.58. The number of hydrogen-bond donors (Lipinski definition) is 4. The zero-order chi connectivity index (χ0) is 17.7. The molecule has 5 atom stereocenters. The van der Waals surface area contributed by atoms with E-state index >= 15 is 0 Å². The lowest BCUT2D eigenvalue weighted by Crippen LogP contribution is -2.58.